The molecular weight excluding hydrogens is 282 g/mol. The van der Waals surface area contributed by atoms with Crippen LogP contribution in [0, 0.1) is 6.92 Å². The molecule has 0 aliphatic heterocycles. The summed E-state index contributed by atoms with van der Waals surface area (Å²) in [5.74, 6) is -0.0770. The molecule has 7 nitrogen and oxygen atoms in total. The lowest BCUT2D eigenvalue weighted by Gasteiger charge is -2.06. The van der Waals surface area contributed by atoms with Crippen molar-refractivity contribution in [2.24, 2.45) is 5.73 Å². The van der Waals surface area contributed by atoms with Crippen molar-refractivity contribution in [3.05, 3.63) is 35.7 Å². The fourth-order valence-electron chi connectivity index (χ4n) is 1.53. The van der Waals surface area contributed by atoms with E-state index >= 15 is 0 Å². The van der Waals surface area contributed by atoms with Gasteiger partial charge in [-0.3, -0.25) is 4.79 Å². The van der Waals surface area contributed by atoms with Crippen molar-refractivity contribution in [1.82, 2.24) is 20.4 Å². The third kappa shape index (κ3) is 3.94. The van der Waals surface area contributed by atoms with Gasteiger partial charge in [0.05, 0.1) is 0 Å². The SMILES string of the molecule is Cc1nnc(-c2ccc(CC(N)C(=O)O)cc2)nn1.Cl. The number of benzene rings is 1. The number of aliphatic carboxylic acids is 1. The highest BCUT2D eigenvalue weighted by molar-refractivity contribution is 5.85. The Morgan fingerprint density at radius 3 is 2.25 bits per heavy atom. The van der Waals surface area contributed by atoms with Crippen LogP contribution in [0.15, 0.2) is 24.3 Å². The molecule has 0 amide bonds. The van der Waals surface area contributed by atoms with E-state index in [1.54, 1.807) is 31.2 Å². The number of carboxylic acid groups (broad SMARTS) is 1. The van der Waals surface area contributed by atoms with E-state index in [0.29, 0.717) is 11.6 Å². The molecule has 8 heteroatoms. The minimum Gasteiger partial charge on any atom is -0.480 e. The maximum absolute atomic E-state index is 10.7. The van der Waals surface area contributed by atoms with E-state index in [9.17, 15) is 4.79 Å². The largest absolute Gasteiger partial charge is 0.480 e. The van der Waals surface area contributed by atoms with Crippen LogP contribution in [0.2, 0.25) is 0 Å². The quantitative estimate of drug-likeness (QED) is 0.849. The smallest absolute Gasteiger partial charge is 0.320 e. The predicted molar refractivity (Wildman–Crippen MR) is 74.4 cm³/mol. The highest BCUT2D eigenvalue weighted by Gasteiger charge is 2.12. The van der Waals surface area contributed by atoms with Crippen LogP contribution in [-0.2, 0) is 11.2 Å². The van der Waals surface area contributed by atoms with Gasteiger partial charge in [-0.15, -0.1) is 32.8 Å². The van der Waals surface area contributed by atoms with Gasteiger partial charge in [-0.05, 0) is 18.9 Å². The highest BCUT2D eigenvalue weighted by Crippen LogP contribution is 2.14. The van der Waals surface area contributed by atoms with Gasteiger partial charge >= 0.3 is 5.97 Å². The van der Waals surface area contributed by atoms with E-state index in [1.165, 1.54) is 0 Å². The van der Waals surface area contributed by atoms with Crippen LogP contribution in [-0.4, -0.2) is 37.5 Å². The monoisotopic (exact) mass is 295 g/mol. The minimum atomic E-state index is -1.01. The zero-order chi connectivity index (χ0) is 13.8. The normalized spacial score (nSPS) is 11.5. The molecule has 106 valence electrons. The molecule has 0 saturated heterocycles. The third-order valence-corrected chi connectivity index (χ3v) is 2.56. The summed E-state index contributed by atoms with van der Waals surface area (Å²) in [4.78, 5) is 10.7. The first-order valence-corrected chi connectivity index (χ1v) is 5.68. The van der Waals surface area contributed by atoms with E-state index in [0.717, 1.165) is 11.1 Å². The molecule has 0 aliphatic rings. The molecule has 0 radical (unpaired) electrons. The Morgan fingerprint density at radius 1 is 1.20 bits per heavy atom. The van der Waals surface area contributed by atoms with Gasteiger partial charge in [-0.25, -0.2) is 0 Å². The van der Waals surface area contributed by atoms with Crippen molar-refractivity contribution in [2.75, 3.05) is 0 Å². The molecular formula is C12H14ClN5O2. The van der Waals surface area contributed by atoms with Gasteiger partial charge in [0, 0.05) is 5.56 Å². The zero-order valence-electron chi connectivity index (χ0n) is 10.7. The number of rotatable bonds is 4. The average Bonchev–Trinajstić information content (AvgIpc) is 2.40. The lowest BCUT2D eigenvalue weighted by molar-refractivity contribution is -0.138. The first-order chi connectivity index (χ1) is 9.06. The van der Waals surface area contributed by atoms with Gasteiger partial charge in [-0.1, -0.05) is 24.3 Å². The maximum Gasteiger partial charge on any atom is 0.320 e. The summed E-state index contributed by atoms with van der Waals surface area (Å²) in [6.45, 7) is 1.71. The molecule has 0 spiro atoms. The second-order valence-electron chi connectivity index (χ2n) is 4.12. The predicted octanol–water partition coefficient (Wildman–Crippen LogP) is 0.618. The minimum absolute atomic E-state index is 0. The number of hydrogen-bond donors (Lipinski definition) is 2. The van der Waals surface area contributed by atoms with Crippen molar-refractivity contribution in [2.45, 2.75) is 19.4 Å². The van der Waals surface area contributed by atoms with Gasteiger partial charge in [0.1, 0.15) is 6.04 Å². The molecule has 2 aromatic rings. The Kier molecular flexibility index (Phi) is 5.48. The molecule has 0 fully saturated rings. The summed E-state index contributed by atoms with van der Waals surface area (Å²) in [5, 5.41) is 24.2. The Bertz CT molecular complexity index is 573. The first-order valence-electron chi connectivity index (χ1n) is 5.68. The summed E-state index contributed by atoms with van der Waals surface area (Å²) in [6.07, 6.45) is 0.279. The summed E-state index contributed by atoms with van der Waals surface area (Å²) in [6, 6.07) is 6.27. The Hall–Kier alpha value is -2.12. The maximum atomic E-state index is 10.7. The molecule has 0 aliphatic carbocycles. The standard InChI is InChI=1S/C12H13N5O2.ClH/c1-7-14-16-11(17-15-7)9-4-2-8(3-5-9)6-10(13)12(18)19;/h2-5,10H,6,13H2,1H3,(H,18,19);1H. The van der Waals surface area contributed by atoms with E-state index in [2.05, 4.69) is 20.4 Å². The zero-order valence-corrected chi connectivity index (χ0v) is 11.5. The highest BCUT2D eigenvalue weighted by atomic mass is 35.5. The van der Waals surface area contributed by atoms with Crippen LogP contribution < -0.4 is 5.73 Å². The number of aromatic nitrogens is 4. The number of halogens is 1. The number of nitrogens with zero attached hydrogens (tertiary/aromatic N) is 4. The van der Waals surface area contributed by atoms with Crippen molar-refractivity contribution in [3.8, 4) is 11.4 Å². The average molecular weight is 296 g/mol. The van der Waals surface area contributed by atoms with E-state index in [1.807, 2.05) is 0 Å². The third-order valence-electron chi connectivity index (χ3n) is 2.56. The molecule has 20 heavy (non-hydrogen) atoms. The summed E-state index contributed by atoms with van der Waals surface area (Å²) in [7, 11) is 0. The Balaban J connectivity index is 0.00000200. The molecule has 1 heterocycles. The number of carbonyl (C=O) groups is 1. The van der Waals surface area contributed by atoms with Crippen LogP contribution in [0.1, 0.15) is 11.4 Å². The molecule has 0 bridgehead atoms. The molecule has 1 atom stereocenters. The molecule has 1 unspecified atom stereocenters. The molecule has 0 saturated carbocycles. The molecule has 1 aromatic carbocycles. The van der Waals surface area contributed by atoms with Crippen LogP contribution in [0.4, 0.5) is 0 Å². The second kappa shape index (κ2) is 6.88. The van der Waals surface area contributed by atoms with Crippen molar-refractivity contribution >= 4 is 18.4 Å². The van der Waals surface area contributed by atoms with Gasteiger partial charge < -0.3 is 10.8 Å². The van der Waals surface area contributed by atoms with Crippen LogP contribution in [0.3, 0.4) is 0 Å². The van der Waals surface area contributed by atoms with Gasteiger partial charge in [0.2, 0.25) is 5.82 Å². The van der Waals surface area contributed by atoms with Gasteiger partial charge in [0.15, 0.2) is 5.82 Å². The van der Waals surface area contributed by atoms with Crippen molar-refractivity contribution < 1.29 is 9.90 Å². The first kappa shape index (κ1) is 15.9. The Morgan fingerprint density at radius 2 is 1.75 bits per heavy atom. The van der Waals surface area contributed by atoms with E-state index in [-0.39, 0.29) is 18.8 Å². The lowest BCUT2D eigenvalue weighted by Crippen LogP contribution is -2.32. The van der Waals surface area contributed by atoms with Crippen LogP contribution >= 0.6 is 12.4 Å². The molecule has 1 aromatic heterocycles. The summed E-state index contributed by atoms with van der Waals surface area (Å²) < 4.78 is 0. The number of nitrogens with two attached hydrogens (primary N) is 1. The Labute approximate surface area is 121 Å². The van der Waals surface area contributed by atoms with Gasteiger partial charge in [0.25, 0.3) is 0 Å². The van der Waals surface area contributed by atoms with Crippen LogP contribution in [0.25, 0.3) is 11.4 Å². The number of hydrogen-bond acceptors (Lipinski definition) is 6. The van der Waals surface area contributed by atoms with Crippen molar-refractivity contribution in [3.63, 3.8) is 0 Å². The fraction of sp³-hybridized carbons (Fsp3) is 0.250. The number of carboxylic acids is 1. The van der Waals surface area contributed by atoms with Crippen molar-refractivity contribution in [1.29, 1.82) is 0 Å². The topological polar surface area (TPSA) is 115 Å². The summed E-state index contributed by atoms with van der Waals surface area (Å²) in [5.41, 5.74) is 7.08. The summed E-state index contributed by atoms with van der Waals surface area (Å²) >= 11 is 0. The second-order valence-corrected chi connectivity index (χ2v) is 4.12. The van der Waals surface area contributed by atoms with E-state index in [4.69, 9.17) is 10.8 Å². The lowest BCUT2D eigenvalue weighted by atomic mass is 10.0. The van der Waals surface area contributed by atoms with E-state index < -0.39 is 12.0 Å². The van der Waals surface area contributed by atoms with Crippen LogP contribution in [0.5, 0.6) is 0 Å². The van der Waals surface area contributed by atoms with Gasteiger partial charge in [-0.2, -0.15) is 0 Å². The number of aryl methyl sites for hydroxylation is 1. The molecule has 2 rings (SSSR count). The molecule has 3 N–H and O–H groups in total. The fourth-order valence-corrected chi connectivity index (χ4v) is 1.53.